The Morgan fingerprint density at radius 1 is 1.25 bits per heavy atom. The summed E-state index contributed by atoms with van der Waals surface area (Å²) in [5.41, 5.74) is 0.423. The van der Waals surface area contributed by atoms with E-state index >= 15 is 0 Å². The molecule has 0 rings (SSSR count). The highest BCUT2D eigenvalue weighted by atomic mass is 79.9. The van der Waals surface area contributed by atoms with Crippen molar-refractivity contribution < 1.29 is 4.74 Å². The van der Waals surface area contributed by atoms with Crippen molar-refractivity contribution in [2.24, 2.45) is 5.41 Å². The fraction of sp³-hybridized carbons (Fsp3) is 1.00. The van der Waals surface area contributed by atoms with Gasteiger partial charge in [-0.2, -0.15) is 0 Å². The highest BCUT2D eigenvalue weighted by molar-refractivity contribution is 9.09. The van der Waals surface area contributed by atoms with Crippen LogP contribution in [0.5, 0.6) is 0 Å². The van der Waals surface area contributed by atoms with Gasteiger partial charge in [0.15, 0.2) is 0 Å². The molecule has 0 fully saturated rings. The largest absolute Gasteiger partial charge is 0.377 e. The summed E-state index contributed by atoms with van der Waals surface area (Å²) >= 11 is 3.66. The standard InChI is InChI=1S/C13H28BrNO/c1-6-13(7-2,10-14)11-15(5)8-9-16-12(3)4/h12H,6-11H2,1-5H3. The SMILES string of the molecule is CCC(CC)(CBr)CN(C)CCOC(C)C. The third-order valence-electron chi connectivity index (χ3n) is 3.31. The Bertz CT molecular complexity index is 161. The monoisotopic (exact) mass is 293 g/mol. The minimum absolute atomic E-state index is 0.340. The average Bonchev–Trinajstić information content (AvgIpc) is 2.25. The summed E-state index contributed by atoms with van der Waals surface area (Å²) < 4.78 is 5.57. The molecule has 16 heavy (non-hydrogen) atoms. The lowest BCUT2D eigenvalue weighted by Crippen LogP contribution is -2.38. The highest BCUT2D eigenvalue weighted by Crippen LogP contribution is 2.29. The topological polar surface area (TPSA) is 12.5 Å². The predicted molar refractivity (Wildman–Crippen MR) is 75.4 cm³/mol. The molecule has 0 aliphatic rings. The lowest BCUT2D eigenvalue weighted by molar-refractivity contribution is 0.0554. The molecule has 98 valence electrons. The molecular weight excluding hydrogens is 266 g/mol. The molecule has 0 aromatic heterocycles. The van der Waals surface area contributed by atoms with E-state index in [9.17, 15) is 0 Å². The van der Waals surface area contributed by atoms with Gasteiger partial charge in [-0.3, -0.25) is 0 Å². The van der Waals surface area contributed by atoms with Gasteiger partial charge < -0.3 is 9.64 Å². The Morgan fingerprint density at radius 2 is 1.81 bits per heavy atom. The van der Waals surface area contributed by atoms with Gasteiger partial charge in [-0.05, 0) is 39.2 Å². The Hall–Kier alpha value is 0.400. The molecule has 0 unspecified atom stereocenters. The Morgan fingerprint density at radius 3 is 2.19 bits per heavy atom. The summed E-state index contributed by atoms with van der Waals surface area (Å²) in [4.78, 5) is 2.39. The van der Waals surface area contributed by atoms with Crippen molar-refractivity contribution in [1.29, 1.82) is 0 Å². The minimum Gasteiger partial charge on any atom is -0.377 e. The first-order valence-electron chi connectivity index (χ1n) is 6.35. The molecule has 2 nitrogen and oxygen atoms in total. The Balaban J connectivity index is 3.95. The number of alkyl halides is 1. The molecule has 0 aliphatic carbocycles. The summed E-state index contributed by atoms with van der Waals surface area (Å²) in [6, 6.07) is 0. The van der Waals surface area contributed by atoms with Crippen molar-refractivity contribution in [2.45, 2.75) is 46.6 Å². The lowest BCUT2D eigenvalue weighted by atomic mass is 9.84. The number of hydrogen-bond acceptors (Lipinski definition) is 2. The first kappa shape index (κ1) is 16.4. The molecule has 0 aromatic rings. The van der Waals surface area contributed by atoms with E-state index in [1.54, 1.807) is 0 Å². The van der Waals surface area contributed by atoms with Crippen LogP contribution in [0.1, 0.15) is 40.5 Å². The van der Waals surface area contributed by atoms with Gasteiger partial charge in [-0.1, -0.05) is 29.8 Å². The summed E-state index contributed by atoms with van der Waals surface area (Å²) in [6.45, 7) is 11.7. The second-order valence-electron chi connectivity index (χ2n) is 5.00. The van der Waals surface area contributed by atoms with Crippen LogP contribution in [0, 0.1) is 5.41 Å². The van der Waals surface area contributed by atoms with E-state index in [1.807, 2.05) is 0 Å². The van der Waals surface area contributed by atoms with Crippen LogP contribution in [0.25, 0.3) is 0 Å². The maximum absolute atomic E-state index is 5.57. The second kappa shape index (κ2) is 8.48. The van der Waals surface area contributed by atoms with Crippen LogP contribution < -0.4 is 0 Å². The predicted octanol–water partition coefficient (Wildman–Crippen LogP) is 3.54. The molecule has 0 bridgehead atoms. The summed E-state index contributed by atoms with van der Waals surface area (Å²) in [7, 11) is 2.19. The van der Waals surface area contributed by atoms with Crippen molar-refractivity contribution in [1.82, 2.24) is 4.90 Å². The first-order chi connectivity index (χ1) is 7.49. The van der Waals surface area contributed by atoms with Crippen LogP contribution in [-0.2, 0) is 4.74 Å². The van der Waals surface area contributed by atoms with Gasteiger partial charge in [-0.25, -0.2) is 0 Å². The van der Waals surface area contributed by atoms with Gasteiger partial charge in [-0.15, -0.1) is 0 Å². The van der Waals surface area contributed by atoms with Gasteiger partial charge >= 0.3 is 0 Å². The van der Waals surface area contributed by atoms with Gasteiger partial charge in [0.25, 0.3) is 0 Å². The minimum atomic E-state index is 0.340. The van der Waals surface area contributed by atoms with Gasteiger partial charge in [0, 0.05) is 18.4 Å². The Labute approximate surface area is 110 Å². The summed E-state index contributed by atoms with van der Waals surface area (Å²) in [6.07, 6.45) is 2.79. The van der Waals surface area contributed by atoms with Crippen LogP contribution in [0.15, 0.2) is 0 Å². The molecule has 0 aromatic carbocycles. The zero-order valence-electron chi connectivity index (χ0n) is 11.6. The average molecular weight is 294 g/mol. The van der Waals surface area contributed by atoms with E-state index in [1.165, 1.54) is 12.8 Å². The van der Waals surface area contributed by atoms with Crippen molar-refractivity contribution in [3.8, 4) is 0 Å². The molecule has 0 N–H and O–H groups in total. The fourth-order valence-corrected chi connectivity index (χ4v) is 2.77. The molecule has 0 amide bonds. The second-order valence-corrected chi connectivity index (χ2v) is 5.56. The Kier molecular flexibility index (Phi) is 8.70. The van der Waals surface area contributed by atoms with Crippen molar-refractivity contribution >= 4 is 15.9 Å². The van der Waals surface area contributed by atoms with Crippen LogP contribution in [0.2, 0.25) is 0 Å². The first-order valence-corrected chi connectivity index (χ1v) is 7.48. The van der Waals surface area contributed by atoms with Crippen LogP contribution in [-0.4, -0.2) is 43.1 Å². The molecule has 0 atom stereocenters. The van der Waals surface area contributed by atoms with E-state index in [0.29, 0.717) is 11.5 Å². The van der Waals surface area contributed by atoms with Crippen molar-refractivity contribution in [3.05, 3.63) is 0 Å². The maximum Gasteiger partial charge on any atom is 0.0596 e. The third kappa shape index (κ3) is 6.21. The molecule has 0 radical (unpaired) electrons. The molecule has 0 heterocycles. The van der Waals surface area contributed by atoms with Crippen LogP contribution in [0.3, 0.4) is 0 Å². The number of rotatable bonds is 9. The van der Waals surface area contributed by atoms with E-state index < -0.39 is 0 Å². The quantitative estimate of drug-likeness (QED) is 0.603. The maximum atomic E-state index is 5.57. The van der Waals surface area contributed by atoms with Gasteiger partial charge in [0.1, 0.15) is 0 Å². The van der Waals surface area contributed by atoms with Crippen molar-refractivity contribution in [2.75, 3.05) is 32.1 Å². The van der Waals surface area contributed by atoms with E-state index in [-0.39, 0.29) is 0 Å². The van der Waals surface area contributed by atoms with Crippen LogP contribution >= 0.6 is 15.9 Å². The zero-order valence-corrected chi connectivity index (χ0v) is 13.1. The zero-order chi connectivity index (χ0) is 12.6. The van der Waals surface area contributed by atoms with Gasteiger partial charge in [0.2, 0.25) is 0 Å². The molecule has 0 saturated carbocycles. The number of ether oxygens (including phenoxy) is 1. The molecular formula is C13H28BrNO. The number of hydrogen-bond donors (Lipinski definition) is 0. The highest BCUT2D eigenvalue weighted by Gasteiger charge is 2.26. The van der Waals surface area contributed by atoms with E-state index in [0.717, 1.165) is 25.0 Å². The lowest BCUT2D eigenvalue weighted by Gasteiger charge is -2.34. The van der Waals surface area contributed by atoms with Crippen LogP contribution in [0.4, 0.5) is 0 Å². The van der Waals surface area contributed by atoms with E-state index in [2.05, 4.69) is 55.6 Å². The molecule has 0 saturated heterocycles. The summed E-state index contributed by atoms with van der Waals surface area (Å²) in [5, 5.41) is 1.09. The molecule has 3 heteroatoms. The number of nitrogens with zero attached hydrogens (tertiary/aromatic N) is 1. The smallest absolute Gasteiger partial charge is 0.0596 e. The molecule has 0 spiro atoms. The number of halogens is 1. The summed E-state index contributed by atoms with van der Waals surface area (Å²) in [5.74, 6) is 0. The normalized spacial score (nSPS) is 12.8. The fourth-order valence-electron chi connectivity index (χ4n) is 1.80. The van der Waals surface area contributed by atoms with Crippen molar-refractivity contribution in [3.63, 3.8) is 0 Å². The third-order valence-corrected chi connectivity index (χ3v) is 4.50. The number of likely N-dealkylation sites (N-methyl/N-ethyl adjacent to an activating group) is 1. The molecule has 0 aliphatic heterocycles. The van der Waals surface area contributed by atoms with Gasteiger partial charge in [0.05, 0.1) is 12.7 Å². The van der Waals surface area contributed by atoms with E-state index in [4.69, 9.17) is 4.74 Å².